The molecular weight excluding hydrogens is 473 g/mol. The molecule has 0 radical (unpaired) electrons. The van der Waals surface area contributed by atoms with E-state index in [-0.39, 0.29) is 11.4 Å². The number of ether oxygens (including phenoxy) is 1. The minimum atomic E-state index is -0.475. The quantitative estimate of drug-likeness (QED) is 0.439. The summed E-state index contributed by atoms with van der Waals surface area (Å²) in [4.78, 5) is 23.9. The predicted molar refractivity (Wildman–Crippen MR) is 137 cm³/mol. The zero-order valence-electron chi connectivity index (χ0n) is 19.4. The number of piperidine rings is 1. The van der Waals surface area contributed by atoms with E-state index in [0.717, 1.165) is 18.8 Å². The molecule has 0 aliphatic carbocycles. The molecule has 0 unspecified atom stereocenters. The molecule has 2 heterocycles. The Labute approximate surface area is 209 Å². The minimum absolute atomic E-state index is 0.137. The Bertz CT molecular complexity index is 1180. The van der Waals surface area contributed by atoms with Crippen LogP contribution in [0, 0.1) is 6.92 Å². The third kappa shape index (κ3) is 5.43. The van der Waals surface area contributed by atoms with Gasteiger partial charge in [0.05, 0.1) is 22.8 Å². The lowest BCUT2D eigenvalue weighted by molar-refractivity contribution is 0.102. The molecule has 0 spiro atoms. The van der Waals surface area contributed by atoms with Gasteiger partial charge in [-0.15, -0.1) is 0 Å². The van der Waals surface area contributed by atoms with Crippen molar-refractivity contribution in [2.24, 2.45) is 0 Å². The molecule has 0 atom stereocenters. The van der Waals surface area contributed by atoms with Crippen LogP contribution >= 0.6 is 23.2 Å². The molecule has 178 valence electrons. The molecule has 1 fully saturated rings. The van der Waals surface area contributed by atoms with Crippen molar-refractivity contribution in [1.82, 2.24) is 14.9 Å². The van der Waals surface area contributed by atoms with Crippen LogP contribution in [0.5, 0.6) is 5.88 Å². The number of nitrogens with one attached hydrogen (secondary N) is 2. The Morgan fingerprint density at radius 2 is 1.85 bits per heavy atom. The maximum Gasteiger partial charge on any atom is 0.262 e. The minimum Gasteiger partial charge on any atom is -0.480 e. The highest BCUT2D eigenvalue weighted by Gasteiger charge is 2.21. The number of carbonyl (C=O) groups is 1. The van der Waals surface area contributed by atoms with Crippen LogP contribution in [-0.4, -0.2) is 48.0 Å². The van der Waals surface area contributed by atoms with Gasteiger partial charge in [0.25, 0.3) is 5.91 Å². The van der Waals surface area contributed by atoms with Crippen molar-refractivity contribution >= 4 is 46.4 Å². The molecule has 1 amide bonds. The second kappa shape index (κ2) is 10.6. The van der Waals surface area contributed by atoms with Crippen molar-refractivity contribution in [3.05, 3.63) is 69.3 Å². The summed E-state index contributed by atoms with van der Waals surface area (Å²) in [7, 11) is 3.62. The van der Waals surface area contributed by atoms with Crippen molar-refractivity contribution in [2.75, 3.05) is 37.9 Å². The topological polar surface area (TPSA) is 79.4 Å². The molecule has 0 bridgehead atoms. The van der Waals surface area contributed by atoms with Gasteiger partial charge in [-0.05, 0) is 81.2 Å². The number of anilines is 3. The maximum absolute atomic E-state index is 12.8. The Morgan fingerprint density at radius 3 is 2.50 bits per heavy atom. The van der Waals surface area contributed by atoms with Gasteiger partial charge >= 0.3 is 0 Å². The van der Waals surface area contributed by atoms with E-state index in [0.29, 0.717) is 27.6 Å². The van der Waals surface area contributed by atoms with Crippen molar-refractivity contribution in [2.45, 2.75) is 25.7 Å². The van der Waals surface area contributed by atoms with E-state index in [1.165, 1.54) is 37.3 Å². The number of carbonyl (C=O) groups excluding carboxylic acids is 1. The number of aromatic nitrogens is 2. The van der Waals surface area contributed by atoms with Crippen LogP contribution < -0.4 is 15.4 Å². The van der Waals surface area contributed by atoms with Gasteiger partial charge in [0.15, 0.2) is 0 Å². The van der Waals surface area contributed by atoms with Crippen molar-refractivity contribution in [3.8, 4) is 5.88 Å². The molecule has 1 aliphatic rings. The second-order valence-electron chi connectivity index (χ2n) is 8.44. The molecule has 1 saturated heterocycles. The van der Waals surface area contributed by atoms with Gasteiger partial charge in [-0.3, -0.25) is 4.79 Å². The molecule has 9 heteroatoms. The SMILES string of the molecule is COc1nc(Nc2ccc(C3CCN(C)CC3)c(C)c2)ncc1C(=O)Nc1c(Cl)cccc1Cl. The number of aryl methyl sites for hydroxylation is 1. The van der Waals surface area contributed by atoms with E-state index in [4.69, 9.17) is 27.9 Å². The Morgan fingerprint density at radius 1 is 1.15 bits per heavy atom. The van der Waals surface area contributed by atoms with Gasteiger partial charge in [-0.1, -0.05) is 35.3 Å². The number of hydrogen-bond donors (Lipinski definition) is 2. The molecule has 7 nitrogen and oxygen atoms in total. The van der Waals surface area contributed by atoms with Gasteiger partial charge in [0, 0.05) is 11.9 Å². The van der Waals surface area contributed by atoms with Crippen LogP contribution in [0.25, 0.3) is 0 Å². The average Bonchev–Trinajstić information content (AvgIpc) is 2.82. The van der Waals surface area contributed by atoms with Crippen LogP contribution in [0.2, 0.25) is 10.0 Å². The van der Waals surface area contributed by atoms with Crippen LogP contribution in [0.3, 0.4) is 0 Å². The number of halogens is 2. The number of likely N-dealkylation sites (tertiary alicyclic amines) is 1. The highest BCUT2D eigenvalue weighted by molar-refractivity contribution is 6.40. The second-order valence-corrected chi connectivity index (χ2v) is 9.26. The van der Waals surface area contributed by atoms with Crippen LogP contribution in [0.4, 0.5) is 17.3 Å². The van der Waals surface area contributed by atoms with E-state index in [1.807, 2.05) is 6.07 Å². The maximum atomic E-state index is 12.8. The number of rotatable bonds is 6. The summed E-state index contributed by atoms with van der Waals surface area (Å²) in [5.41, 5.74) is 3.98. The molecule has 3 aromatic rings. The first-order valence-electron chi connectivity index (χ1n) is 11.1. The standard InChI is InChI=1S/C25H27Cl2N5O2/c1-15-13-17(7-8-18(15)16-9-11-32(2)12-10-16)29-25-28-14-19(24(31-25)34-3)23(33)30-22-20(26)5-4-6-21(22)27/h4-8,13-14,16H,9-12H2,1-3H3,(H,30,33)(H,28,29,31). The van der Waals surface area contributed by atoms with Gasteiger partial charge in [-0.2, -0.15) is 4.98 Å². The summed E-state index contributed by atoms with van der Waals surface area (Å²) in [6, 6.07) is 11.3. The molecule has 2 N–H and O–H groups in total. The van der Waals surface area contributed by atoms with Gasteiger partial charge in [0.2, 0.25) is 11.8 Å². The summed E-state index contributed by atoms with van der Waals surface area (Å²) in [6.45, 7) is 4.38. The van der Waals surface area contributed by atoms with Crippen molar-refractivity contribution in [1.29, 1.82) is 0 Å². The number of para-hydroxylation sites is 1. The van der Waals surface area contributed by atoms with E-state index in [9.17, 15) is 4.79 Å². The fourth-order valence-corrected chi connectivity index (χ4v) is 4.69. The summed E-state index contributed by atoms with van der Waals surface area (Å²) < 4.78 is 5.35. The lowest BCUT2D eigenvalue weighted by Gasteiger charge is -2.30. The van der Waals surface area contributed by atoms with E-state index in [2.05, 4.69) is 51.6 Å². The van der Waals surface area contributed by atoms with Gasteiger partial charge < -0.3 is 20.3 Å². The number of benzene rings is 2. The largest absolute Gasteiger partial charge is 0.480 e. The number of methoxy groups -OCH3 is 1. The molecule has 1 aliphatic heterocycles. The number of nitrogens with zero attached hydrogens (tertiary/aromatic N) is 3. The smallest absolute Gasteiger partial charge is 0.262 e. The molecule has 0 saturated carbocycles. The molecule has 4 rings (SSSR count). The first kappa shape index (κ1) is 24.3. The zero-order chi connectivity index (χ0) is 24.2. The van der Waals surface area contributed by atoms with E-state index < -0.39 is 5.91 Å². The normalized spacial score (nSPS) is 14.6. The van der Waals surface area contributed by atoms with Crippen LogP contribution in [0.15, 0.2) is 42.6 Å². The lowest BCUT2D eigenvalue weighted by Crippen LogP contribution is -2.29. The molecule has 2 aromatic carbocycles. The first-order chi connectivity index (χ1) is 16.4. The number of hydrogen-bond acceptors (Lipinski definition) is 6. The van der Waals surface area contributed by atoms with Crippen LogP contribution in [0.1, 0.15) is 40.2 Å². The average molecular weight is 500 g/mol. The fourth-order valence-electron chi connectivity index (χ4n) is 4.20. The summed E-state index contributed by atoms with van der Waals surface area (Å²) in [5.74, 6) is 0.580. The molecule has 1 aromatic heterocycles. The van der Waals surface area contributed by atoms with E-state index >= 15 is 0 Å². The molecular formula is C25H27Cl2N5O2. The van der Waals surface area contributed by atoms with Crippen LogP contribution in [-0.2, 0) is 0 Å². The first-order valence-corrected chi connectivity index (χ1v) is 11.8. The monoisotopic (exact) mass is 499 g/mol. The predicted octanol–water partition coefficient (Wildman–Crippen LogP) is 5.91. The lowest BCUT2D eigenvalue weighted by atomic mass is 9.87. The van der Waals surface area contributed by atoms with Crippen molar-refractivity contribution < 1.29 is 9.53 Å². The van der Waals surface area contributed by atoms with Gasteiger partial charge in [0.1, 0.15) is 5.56 Å². The Kier molecular flexibility index (Phi) is 7.56. The summed E-state index contributed by atoms with van der Waals surface area (Å²) in [6.07, 6.45) is 3.76. The fraction of sp³-hybridized carbons (Fsp3) is 0.320. The Hall–Kier alpha value is -2.87. The third-order valence-electron chi connectivity index (χ3n) is 6.08. The Balaban J connectivity index is 1.49. The highest BCUT2D eigenvalue weighted by atomic mass is 35.5. The van der Waals surface area contributed by atoms with Crippen molar-refractivity contribution in [3.63, 3.8) is 0 Å². The number of amides is 1. The summed E-state index contributed by atoms with van der Waals surface area (Å²) in [5, 5.41) is 6.57. The molecule has 34 heavy (non-hydrogen) atoms. The third-order valence-corrected chi connectivity index (χ3v) is 6.71. The highest BCUT2D eigenvalue weighted by Crippen LogP contribution is 2.33. The van der Waals surface area contributed by atoms with E-state index in [1.54, 1.807) is 18.2 Å². The zero-order valence-corrected chi connectivity index (χ0v) is 20.9. The van der Waals surface area contributed by atoms with Gasteiger partial charge in [-0.25, -0.2) is 4.98 Å². The summed E-state index contributed by atoms with van der Waals surface area (Å²) >= 11 is 12.3.